The minimum Gasteiger partial charge on any atom is -0.364 e. The maximum absolute atomic E-state index is 4.25. The van der Waals surface area contributed by atoms with E-state index in [9.17, 15) is 0 Å². The standard InChI is InChI=1S/C13H15N5/c1-2-4-11(5-3-1)17-12-8-13(16-9-15-12)18-7-6-14-10-18/h2,4,6-11H,1,3,5H2,(H,15,16,17)/t11-/m0/s1. The molecule has 3 rings (SSSR count). The predicted molar refractivity (Wildman–Crippen MR) is 69.6 cm³/mol. The number of imidazole rings is 1. The Labute approximate surface area is 106 Å². The molecule has 0 unspecified atom stereocenters. The van der Waals surface area contributed by atoms with E-state index in [1.165, 1.54) is 12.8 Å². The number of allylic oxidation sites excluding steroid dienone is 1. The highest BCUT2D eigenvalue weighted by molar-refractivity contribution is 5.42. The first-order valence-corrected chi connectivity index (χ1v) is 6.15. The minimum atomic E-state index is 0.379. The van der Waals surface area contributed by atoms with Crippen LogP contribution >= 0.6 is 0 Å². The van der Waals surface area contributed by atoms with E-state index in [0.717, 1.165) is 18.1 Å². The lowest BCUT2D eigenvalue weighted by Crippen LogP contribution is -2.19. The van der Waals surface area contributed by atoms with Gasteiger partial charge >= 0.3 is 0 Å². The Morgan fingerprint density at radius 3 is 3.11 bits per heavy atom. The zero-order chi connectivity index (χ0) is 12.2. The Balaban J connectivity index is 1.78. The maximum atomic E-state index is 4.25. The van der Waals surface area contributed by atoms with E-state index < -0.39 is 0 Å². The van der Waals surface area contributed by atoms with E-state index in [0.29, 0.717) is 6.04 Å². The zero-order valence-corrected chi connectivity index (χ0v) is 10.0. The number of hydrogen-bond donors (Lipinski definition) is 1. The molecule has 1 atom stereocenters. The van der Waals surface area contributed by atoms with Crippen molar-refractivity contribution in [3.8, 4) is 5.82 Å². The Morgan fingerprint density at radius 1 is 1.33 bits per heavy atom. The summed E-state index contributed by atoms with van der Waals surface area (Å²) in [7, 11) is 0. The van der Waals surface area contributed by atoms with E-state index >= 15 is 0 Å². The van der Waals surface area contributed by atoms with Gasteiger partial charge in [0.05, 0.1) is 0 Å². The van der Waals surface area contributed by atoms with Crippen molar-refractivity contribution in [1.82, 2.24) is 19.5 Å². The van der Waals surface area contributed by atoms with Crippen LogP contribution in [0.3, 0.4) is 0 Å². The number of nitrogens with zero attached hydrogens (tertiary/aromatic N) is 4. The van der Waals surface area contributed by atoms with Crippen LogP contribution in [-0.4, -0.2) is 25.6 Å². The van der Waals surface area contributed by atoms with Gasteiger partial charge in [0.2, 0.25) is 0 Å². The maximum Gasteiger partial charge on any atom is 0.143 e. The van der Waals surface area contributed by atoms with Gasteiger partial charge in [0, 0.05) is 24.5 Å². The molecular formula is C13H15N5. The summed E-state index contributed by atoms with van der Waals surface area (Å²) in [5.74, 6) is 1.68. The lowest BCUT2D eigenvalue weighted by molar-refractivity contribution is 0.671. The second-order valence-electron chi connectivity index (χ2n) is 4.34. The van der Waals surface area contributed by atoms with Gasteiger partial charge in [-0.3, -0.25) is 4.57 Å². The average Bonchev–Trinajstić information content (AvgIpc) is 2.94. The van der Waals surface area contributed by atoms with Crippen molar-refractivity contribution >= 4 is 5.82 Å². The summed E-state index contributed by atoms with van der Waals surface area (Å²) in [5, 5.41) is 3.41. The van der Waals surface area contributed by atoms with Crippen molar-refractivity contribution in [3.05, 3.63) is 43.3 Å². The number of rotatable bonds is 3. The van der Waals surface area contributed by atoms with Gasteiger partial charge in [-0.05, 0) is 19.3 Å². The van der Waals surface area contributed by atoms with Crippen molar-refractivity contribution in [2.45, 2.75) is 25.3 Å². The van der Waals surface area contributed by atoms with Crippen molar-refractivity contribution < 1.29 is 0 Å². The normalized spacial score (nSPS) is 18.8. The Kier molecular flexibility index (Phi) is 3.04. The third kappa shape index (κ3) is 2.40. The molecule has 0 aromatic carbocycles. The Hall–Kier alpha value is -2.17. The van der Waals surface area contributed by atoms with Crippen molar-refractivity contribution in [1.29, 1.82) is 0 Å². The molecule has 0 spiro atoms. The number of nitrogens with one attached hydrogen (secondary N) is 1. The van der Waals surface area contributed by atoms with Crippen LogP contribution in [0.1, 0.15) is 19.3 Å². The molecule has 0 bridgehead atoms. The molecule has 2 aromatic rings. The molecule has 1 aliphatic rings. The molecule has 2 heterocycles. The lowest BCUT2D eigenvalue weighted by atomic mass is 10.0. The fourth-order valence-electron chi connectivity index (χ4n) is 2.08. The molecule has 0 amide bonds. The summed E-state index contributed by atoms with van der Waals surface area (Å²) < 4.78 is 1.86. The molecule has 2 aromatic heterocycles. The van der Waals surface area contributed by atoms with Crippen LogP contribution in [0.2, 0.25) is 0 Å². The molecular weight excluding hydrogens is 226 g/mol. The number of anilines is 1. The van der Waals surface area contributed by atoms with E-state index in [-0.39, 0.29) is 0 Å². The van der Waals surface area contributed by atoms with Crippen LogP contribution < -0.4 is 5.32 Å². The van der Waals surface area contributed by atoms with Crippen LogP contribution in [0.5, 0.6) is 0 Å². The molecule has 18 heavy (non-hydrogen) atoms. The fourth-order valence-corrected chi connectivity index (χ4v) is 2.08. The molecule has 0 saturated heterocycles. The fraction of sp³-hybridized carbons (Fsp3) is 0.308. The van der Waals surface area contributed by atoms with Gasteiger partial charge < -0.3 is 5.32 Å². The molecule has 0 fully saturated rings. The van der Waals surface area contributed by atoms with E-state index in [2.05, 4.69) is 32.4 Å². The van der Waals surface area contributed by atoms with Gasteiger partial charge in [0.15, 0.2) is 0 Å². The lowest BCUT2D eigenvalue weighted by Gasteiger charge is -2.18. The Morgan fingerprint density at radius 2 is 2.33 bits per heavy atom. The third-order valence-corrected chi connectivity index (χ3v) is 3.01. The number of aromatic nitrogens is 4. The first kappa shape index (κ1) is 11.0. The molecule has 5 nitrogen and oxygen atoms in total. The second-order valence-corrected chi connectivity index (χ2v) is 4.34. The molecule has 0 aliphatic heterocycles. The summed E-state index contributed by atoms with van der Waals surface area (Å²) in [6, 6.07) is 2.31. The zero-order valence-electron chi connectivity index (χ0n) is 10.0. The summed E-state index contributed by atoms with van der Waals surface area (Å²) in [5.41, 5.74) is 0. The van der Waals surface area contributed by atoms with Crippen molar-refractivity contribution in [3.63, 3.8) is 0 Å². The first-order chi connectivity index (χ1) is 8.92. The quantitative estimate of drug-likeness (QED) is 0.837. The first-order valence-electron chi connectivity index (χ1n) is 6.15. The summed E-state index contributed by atoms with van der Waals surface area (Å²) in [6.07, 6.45) is 14.9. The summed E-state index contributed by atoms with van der Waals surface area (Å²) in [4.78, 5) is 12.5. The van der Waals surface area contributed by atoms with E-state index in [4.69, 9.17) is 0 Å². The molecule has 0 radical (unpaired) electrons. The van der Waals surface area contributed by atoms with Crippen LogP contribution in [0.4, 0.5) is 5.82 Å². The molecule has 92 valence electrons. The van der Waals surface area contributed by atoms with Crippen LogP contribution in [-0.2, 0) is 0 Å². The number of hydrogen-bond acceptors (Lipinski definition) is 4. The molecule has 5 heteroatoms. The van der Waals surface area contributed by atoms with Crippen LogP contribution in [0.25, 0.3) is 5.82 Å². The summed E-state index contributed by atoms with van der Waals surface area (Å²) in [6.45, 7) is 0. The average molecular weight is 241 g/mol. The predicted octanol–water partition coefficient (Wildman–Crippen LogP) is 2.18. The minimum absolute atomic E-state index is 0.379. The monoisotopic (exact) mass is 241 g/mol. The largest absolute Gasteiger partial charge is 0.364 e. The summed E-state index contributed by atoms with van der Waals surface area (Å²) >= 11 is 0. The molecule has 1 N–H and O–H groups in total. The van der Waals surface area contributed by atoms with Gasteiger partial charge in [-0.1, -0.05) is 12.2 Å². The highest BCUT2D eigenvalue weighted by atomic mass is 15.1. The second kappa shape index (κ2) is 5.00. The van der Waals surface area contributed by atoms with Gasteiger partial charge in [-0.2, -0.15) is 0 Å². The van der Waals surface area contributed by atoms with Gasteiger partial charge in [-0.15, -0.1) is 0 Å². The Bertz CT molecular complexity index is 532. The van der Waals surface area contributed by atoms with Crippen molar-refractivity contribution in [2.75, 3.05) is 5.32 Å². The van der Waals surface area contributed by atoms with Gasteiger partial charge in [0.1, 0.15) is 24.3 Å². The van der Waals surface area contributed by atoms with Gasteiger partial charge in [-0.25, -0.2) is 15.0 Å². The van der Waals surface area contributed by atoms with E-state index in [1.807, 2.05) is 16.8 Å². The van der Waals surface area contributed by atoms with Crippen LogP contribution in [0, 0.1) is 0 Å². The topological polar surface area (TPSA) is 55.6 Å². The highest BCUT2D eigenvalue weighted by Gasteiger charge is 2.09. The molecule has 1 aliphatic carbocycles. The third-order valence-electron chi connectivity index (χ3n) is 3.01. The van der Waals surface area contributed by atoms with Gasteiger partial charge in [0.25, 0.3) is 0 Å². The van der Waals surface area contributed by atoms with Crippen LogP contribution in [0.15, 0.2) is 43.3 Å². The SMILES string of the molecule is C1=C[C@H](Nc2cc(-n3ccnc3)ncn2)CCC1. The van der Waals surface area contributed by atoms with Crippen molar-refractivity contribution in [2.24, 2.45) is 0 Å². The smallest absolute Gasteiger partial charge is 0.143 e. The highest BCUT2D eigenvalue weighted by Crippen LogP contribution is 2.16. The molecule has 0 saturated carbocycles. The van der Waals surface area contributed by atoms with E-state index in [1.54, 1.807) is 18.9 Å².